The van der Waals surface area contributed by atoms with Crippen LogP contribution in [-0.2, 0) is 33.3 Å². The number of ether oxygens (including phenoxy) is 6. The van der Waals surface area contributed by atoms with Gasteiger partial charge in [-0.15, -0.1) is 0 Å². The fourth-order valence-corrected chi connectivity index (χ4v) is 4.20. The molecule has 2 aromatic rings. The van der Waals surface area contributed by atoms with Crippen molar-refractivity contribution in [3.8, 4) is 28.7 Å². The molecule has 5 atom stereocenters. The number of carbonyl (C=O) groups excluding carboxylic acids is 4. The Morgan fingerprint density at radius 2 is 1.61 bits per heavy atom. The third-order valence-electron chi connectivity index (χ3n) is 5.99. The molecule has 14 heteroatoms. The van der Waals surface area contributed by atoms with Crippen LogP contribution >= 0.6 is 0 Å². The lowest BCUT2D eigenvalue weighted by Gasteiger charge is -2.42. The van der Waals surface area contributed by atoms with Crippen LogP contribution < -0.4 is 9.47 Å². The fraction of sp³-hybridized carbons (Fsp3) is 0.333. The Morgan fingerprint density at radius 1 is 0.927 bits per heavy atom. The number of hydrogen-bond acceptors (Lipinski definition) is 14. The van der Waals surface area contributed by atoms with Crippen LogP contribution in [0.3, 0.4) is 0 Å². The van der Waals surface area contributed by atoms with Crippen molar-refractivity contribution in [1.82, 2.24) is 0 Å². The summed E-state index contributed by atoms with van der Waals surface area (Å²) in [5.41, 5.74) is 0.301. The lowest BCUT2D eigenvalue weighted by atomic mass is 9.98. The summed E-state index contributed by atoms with van der Waals surface area (Å²) in [6, 6.07) is 6.35. The van der Waals surface area contributed by atoms with E-state index in [1.165, 1.54) is 36.4 Å². The largest absolute Gasteiger partial charge is 0.504 e. The molecule has 0 saturated carbocycles. The Kier molecular flexibility index (Phi) is 8.35. The van der Waals surface area contributed by atoms with Gasteiger partial charge in [0.2, 0.25) is 17.8 Å². The normalized spacial score (nSPS) is 24.2. The third kappa shape index (κ3) is 6.34. The molecule has 0 amide bonds. The summed E-state index contributed by atoms with van der Waals surface area (Å²) in [5, 5.41) is 41.1. The van der Waals surface area contributed by atoms with Crippen LogP contribution in [-0.4, -0.2) is 81.4 Å². The zero-order valence-corrected chi connectivity index (χ0v) is 21.9. The van der Waals surface area contributed by atoms with Gasteiger partial charge < -0.3 is 48.8 Å². The summed E-state index contributed by atoms with van der Waals surface area (Å²) in [5.74, 6) is -5.09. The maximum absolute atomic E-state index is 12.9. The summed E-state index contributed by atoms with van der Waals surface area (Å²) < 4.78 is 32.3. The van der Waals surface area contributed by atoms with Crippen molar-refractivity contribution in [1.29, 1.82) is 0 Å². The van der Waals surface area contributed by atoms with Crippen molar-refractivity contribution >= 4 is 29.8 Å². The van der Waals surface area contributed by atoms with Crippen molar-refractivity contribution in [2.75, 3.05) is 6.61 Å². The number of aliphatic hydroxyl groups excluding tert-OH is 1. The van der Waals surface area contributed by atoms with E-state index in [4.69, 9.17) is 28.4 Å². The number of aromatic hydroxyl groups is 3. The topological polar surface area (TPSA) is 205 Å². The first-order valence-electron chi connectivity index (χ1n) is 12.2. The number of esters is 3. The Hall–Kier alpha value is -4.82. The average Bonchev–Trinajstić information content (AvgIpc) is 3.21. The number of fused-ring (bicyclic) bond motifs is 1. The number of benzene rings is 2. The van der Waals surface area contributed by atoms with Gasteiger partial charge in [0.1, 0.15) is 18.8 Å². The molecule has 0 radical (unpaired) electrons. The van der Waals surface area contributed by atoms with E-state index in [-0.39, 0.29) is 28.6 Å². The molecule has 0 aromatic heterocycles. The number of phenols is 3. The van der Waals surface area contributed by atoms with Crippen LogP contribution in [0.5, 0.6) is 28.7 Å². The summed E-state index contributed by atoms with van der Waals surface area (Å²) in [7, 11) is 0. The molecular weight excluding hydrogens is 548 g/mol. The number of ketones is 1. The Labute approximate surface area is 232 Å². The number of allylic oxidation sites excluding steroid dienone is 1. The predicted octanol–water partition coefficient (Wildman–Crippen LogP) is 1.31. The maximum Gasteiger partial charge on any atom is 0.303 e. The van der Waals surface area contributed by atoms with E-state index in [2.05, 4.69) is 0 Å². The molecule has 2 heterocycles. The predicted molar refractivity (Wildman–Crippen MR) is 134 cm³/mol. The van der Waals surface area contributed by atoms with Gasteiger partial charge in [0.15, 0.2) is 41.0 Å². The molecule has 41 heavy (non-hydrogen) atoms. The highest BCUT2D eigenvalue weighted by molar-refractivity contribution is 6.15. The summed E-state index contributed by atoms with van der Waals surface area (Å²) in [6.45, 7) is 2.80. The molecular formula is C27H26O14. The minimum absolute atomic E-state index is 0.0205. The van der Waals surface area contributed by atoms with Crippen molar-refractivity contribution < 1.29 is 68.0 Å². The monoisotopic (exact) mass is 574 g/mol. The first kappa shape index (κ1) is 29.2. The molecule has 2 aliphatic heterocycles. The second-order valence-corrected chi connectivity index (χ2v) is 9.08. The smallest absolute Gasteiger partial charge is 0.303 e. The summed E-state index contributed by atoms with van der Waals surface area (Å²) >= 11 is 0. The molecule has 0 bridgehead atoms. The van der Waals surface area contributed by atoms with Crippen LogP contribution in [0.15, 0.2) is 36.1 Å². The zero-order chi connectivity index (χ0) is 30.0. The van der Waals surface area contributed by atoms with Gasteiger partial charge >= 0.3 is 17.9 Å². The maximum atomic E-state index is 12.9. The van der Waals surface area contributed by atoms with E-state index in [9.17, 15) is 39.6 Å². The molecule has 218 valence electrons. The zero-order valence-electron chi connectivity index (χ0n) is 21.9. The summed E-state index contributed by atoms with van der Waals surface area (Å²) in [4.78, 5) is 47.7. The van der Waals surface area contributed by atoms with Gasteiger partial charge in [0.05, 0.1) is 5.56 Å². The highest BCUT2D eigenvalue weighted by atomic mass is 16.7. The van der Waals surface area contributed by atoms with Gasteiger partial charge in [0, 0.05) is 20.8 Å². The van der Waals surface area contributed by atoms with Gasteiger partial charge in [0.25, 0.3) is 0 Å². The van der Waals surface area contributed by atoms with E-state index in [0.29, 0.717) is 5.56 Å². The number of rotatable bonds is 7. The van der Waals surface area contributed by atoms with E-state index in [1.807, 2.05) is 0 Å². The van der Waals surface area contributed by atoms with Gasteiger partial charge in [-0.3, -0.25) is 19.2 Å². The second-order valence-electron chi connectivity index (χ2n) is 9.08. The van der Waals surface area contributed by atoms with E-state index >= 15 is 0 Å². The molecule has 0 aliphatic carbocycles. The highest BCUT2D eigenvalue weighted by Crippen LogP contribution is 2.46. The number of carbonyl (C=O) groups is 4. The Morgan fingerprint density at radius 3 is 2.24 bits per heavy atom. The molecule has 1 saturated heterocycles. The molecule has 2 aliphatic rings. The molecule has 0 spiro atoms. The summed E-state index contributed by atoms with van der Waals surface area (Å²) in [6.07, 6.45) is -6.28. The molecule has 14 nitrogen and oxygen atoms in total. The number of hydrogen-bond donors (Lipinski definition) is 4. The van der Waals surface area contributed by atoms with E-state index in [0.717, 1.165) is 20.8 Å². The van der Waals surface area contributed by atoms with Crippen molar-refractivity contribution in [3.05, 3.63) is 47.2 Å². The molecule has 2 aromatic carbocycles. The fourth-order valence-electron chi connectivity index (χ4n) is 4.20. The highest BCUT2D eigenvalue weighted by Gasteiger charge is 2.51. The van der Waals surface area contributed by atoms with Gasteiger partial charge in [-0.1, -0.05) is 6.07 Å². The number of aliphatic hydroxyl groups is 1. The first-order chi connectivity index (χ1) is 19.3. The number of phenolic OH excluding ortho intramolecular Hbond substituents is 3. The van der Waals surface area contributed by atoms with Gasteiger partial charge in [-0.25, -0.2) is 0 Å². The lowest BCUT2D eigenvalue weighted by Crippen LogP contribution is -2.62. The van der Waals surface area contributed by atoms with Crippen LogP contribution in [0, 0.1) is 0 Å². The van der Waals surface area contributed by atoms with E-state index < -0.39 is 72.5 Å². The average molecular weight is 574 g/mol. The SMILES string of the molecule is CC(=O)OCC1O[C@@H](Oc2ccc3c(c2O)O/C(=C/c2ccc(O)c(O)c2)C3=O)C(OC(C)=O)[C@@H](O)[C@@H]1OC(C)=O. The van der Waals surface area contributed by atoms with E-state index in [1.54, 1.807) is 0 Å². The third-order valence-corrected chi connectivity index (χ3v) is 5.99. The minimum atomic E-state index is -1.70. The van der Waals surface area contributed by atoms with Gasteiger partial charge in [-0.2, -0.15) is 0 Å². The van der Waals surface area contributed by atoms with Crippen molar-refractivity contribution in [2.45, 2.75) is 51.5 Å². The Bertz CT molecular complexity index is 1410. The molecule has 2 unspecified atom stereocenters. The molecule has 4 N–H and O–H groups in total. The second kappa shape index (κ2) is 11.7. The van der Waals surface area contributed by atoms with Gasteiger partial charge in [-0.05, 0) is 35.9 Å². The minimum Gasteiger partial charge on any atom is -0.504 e. The van der Waals surface area contributed by atoms with Crippen molar-refractivity contribution in [2.24, 2.45) is 0 Å². The van der Waals surface area contributed by atoms with Crippen LogP contribution in [0.4, 0.5) is 0 Å². The number of Topliss-reactive ketones (excluding diaryl/α,β-unsaturated/α-hetero) is 1. The Balaban J connectivity index is 1.63. The standard InChI is InChI=1S/C27H26O14/c1-11(28)36-10-20-25(37-12(2)29)23(35)26(38-13(3)30)27(41-20)40-18-7-5-15-21(33)19(39-24(15)22(18)34)9-14-4-6-16(31)17(32)8-14/h4-9,20,23,25-27,31-32,34-35H,10H2,1-3H3/b19-9+/t20?,23-,25+,26?,27+/m0/s1. The van der Waals surface area contributed by atoms with Crippen LogP contribution in [0.2, 0.25) is 0 Å². The lowest BCUT2D eigenvalue weighted by molar-refractivity contribution is -0.285. The first-order valence-corrected chi connectivity index (χ1v) is 12.2. The molecule has 4 rings (SSSR count). The molecule has 1 fully saturated rings. The van der Waals surface area contributed by atoms with Crippen molar-refractivity contribution in [3.63, 3.8) is 0 Å². The quantitative estimate of drug-likeness (QED) is 0.159. The van der Waals surface area contributed by atoms with Crippen LogP contribution in [0.1, 0.15) is 36.7 Å². The van der Waals surface area contributed by atoms with Crippen LogP contribution in [0.25, 0.3) is 6.08 Å².